The second-order valence-electron chi connectivity index (χ2n) is 6.69. The Hall–Kier alpha value is -3.72. The molecule has 10 heteroatoms. The summed E-state index contributed by atoms with van der Waals surface area (Å²) in [6.07, 6.45) is 1.88. The maximum absolute atomic E-state index is 13.5. The Balaban J connectivity index is 1.57. The van der Waals surface area contributed by atoms with Gasteiger partial charge in [0.1, 0.15) is 17.6 Å². The van der Waals surface area contributed by atoms with E-state index >= 15 is 0 Å². The van der Waals surface area contributed by atoms with Gasteiger partial charge in [0.05, 0.1) is 16.9 Å². The Bertz CT molecular complexity index is 1150. The molecule has 8 nitrogen and oxygen atoms in total. The molecule has 0 bridgehead atoms. The molecule has 1 aromatic heterocycles. The first-order valence-corrected chi connectivity index (χ1v) is 9.56. The van der Waals surface area contributed by atoms with E-state index in [0.29, 0.717) is 22.9 Å². The Morgan fingerprint density at radius 3 is 2.74 bits per heavy atom. The van der Waals surface area contributed by atoms with Gasteiger partial charge in [-0.25, -0.2) is 9.40 Å². The number of nitro groups is 1. The smallest absolute Gasteiger partial charge is 0.311 e. The Morgan fingerprint density at radius 2 is 2.06 bits per heavy atom. The van der Waals surface area contributed by atoms with E-state index in [1.54, 1.807) is 36.4 Å². The Kier molecular flexibility index (Phi) is 5.68. The van der Waals surface area contributed by atoms with Crippen molar-refractivity contribution in [1.82, 2.24) is 5.01 Å². The summed E-state index contributed by atoms with van der Waals surface area (Å²) in [7, 11) is 0. The van der Waals surface area contributed by atoms with Gasteiger partial charge in [-0.15, -0.1) is 0 Å². The van der Waals surface area contributed by atoms with Gasteiger partial charge in [-0.1, -0.05) is 23.7 Å². The number of nitrogens with zero attached hydrogens (tertiary/aromatic N) is 3. The largest absolute Gasteiger partial charge is 0.477 e. The van der Waals surface area contributed by atoms with E-state index in [0.717, 1.165) is 23.8 Å². The van der Waals surface area contributed by atoms with Gasteiger partial charge in [-0.3, -0.25) is 14.9 Å². The lowest BCUT2D eigenvalue weighted by molar-refractivity contribution is -0.385. The number of hydrogen-bond donors (Lipinski definition) is 0. The number of rotatable bonds is 6. The van der Waals surface area contributed by atoms with Crippen molar-refractivity contribution >= 4 is 28.9 Å². The number of furan rings is 1. The summed E-state index contributed by atoms with van der Waals surface area (Å²) in [5, 5.41) is 17.3. The van der Waals surface area contributed by atoms with Crippen molar-refractivity contribution in [3.63, 3.8) is 0 Å². The van der Waals surface area contributed by atoms with Crippen LogP contribution in [-0.2, 0) is 4.79 Å². The van der Waals surface area contributed by atoms with Crippen LogP contribution in [-0.4, -0.2) is 28.2 Å². The van der Waals surface area contributed by atoms with Crippen molar-refractivity contribution < 1.29 is 23.3 Å². The number of amides is 1. The minimum atomic E-state index is -0.717. The first-order chi connectivity index (χ1) is 14.9. The zero-order valence-corrected chi connectivity index (χ0v) is 16.7. The number of nitro benzene ring substituents is 1. The number of carbonyl (C=O) groups is 1. The molecule has 0 fully saturated rings. The minimum absolute atomic E-state index is 0.339. The van der Waals surface area contributed by atoms with Gasteiger partial charge >= 0.3 is 5.69 Å². The fraction of sp³-hybridized carbons (Fsp3) is 0.143. The predicted molar refractivity (Wildman–Crippen MR) is 109 cm³/mol. The number of ether oxygens (including phenoxy) is 1. The first kappa shape index (κ1) is 20.5. The zero-order chi connectivity index (χ0) is 22.0. The SMILES string of the molecule is O=C(COc1cc(F)ccc1[N+](=O)[O-])N1N=C(c2ccc(Cl)cc2)CC1c1ccco1. The minimum Gasteiger partial charge on any atom is -0.477 e. The molecule has 1 amide bonds. The van der Waals surface area contributed by atoms with Crippen molar-refractivity contribution in [3.8, 4) is 5.75 Å². The van der Waals surface area contributed by atoms with Crippen molar-refractivity contribution in [2.45, 2.75) is 12.5 Å². The van der Waals surface area contributed by atoms with Crippen LogP contribution in [0.3, 0.4) is 0 Å². The monoisotopic (exact) mass is 443 g/mol. The van der Waals surface area contributed by atoms with Crippen LogP contribution < -0.4 is 4.74 Å². The topological polar surface area (TPSA) is 98.2 Å². The summed E-state index contributed by atoms with van der Waals surface area (Å²) in [6, 6.07) is 12.7. The standard InChI is InChI=1S/C21H15ClFN3O5/c22-14-5-3-13(4-6-14)16-11-18(19-2-1-9-30-19)25(24-16)21(27)12-31-20-10-15(23)7-8-17(20)26(28)29/h1-10,18H,11-12H2. The van der Waals surface area contributed by atoms with Crippen LogP contribution in [0.25, 0.3) is 0 Å². The summed E-state index contributed by atoms with van der Waals surface area (Å²) in [6.45, 7) is -0.571. The van der Waals surface area contributed by atoms with Crippen LogP contribution in [0.4, 0.5) is 10.1 Å². The van der Waals surface area contributed by atoms with E-state index in [1.807, 2.05) is 0 Å². The normalized spacial score (nSPS) is 15.6. The maximum atomic E-state index is 13.5. The molecule has 0 saturated carbocycles. The quantitative estimate of drug-likeness (QED) is 0.405. The van der Waals surface area contributed by atoms with Gasteiger partial charge < -0.3 is 9.15 Å². The van der Waals surface area contributed by atoms with E-state index in [-0.39, 0.29) is 5.75 Å². The molecule has 0 saturated heterocycles. The fourth-order valence-electron chi connectivity index (χ4n) is 3.22. The number of hydrogen-bond acceptors (Lipinski definition) is 6. The third-order valence-corrected chi connectivity index (χ3v) is 4.94. The summed E-state index contributed by atoms with van der Waals surface area (Å²) < 4.78 is 24.3. The van der Waals surface area contributed by atoms with Gasteiger partial charge in [0.25, 0.3) is 5.91 Å². The molecule has 3 aromatic rings. The van der Waals surface area contributed by atoms with Crippen LogP contribution in [0.15, 0.2) is 70.4 Å². The lowest BCUT2D eigenvalue weighted by atomic mass is 10.0. The third kappa shape index (κ3) is 4.41. The highest BCUT2D eigenvalue weighted by molar-refractivity contribution is 6.30. The number of benzene rings is 2. The number of carbonyl (C=O) groups excluding carboxylic acids is 1. The highest BCUT2D eigenvalue weighted by Gasteiger charge is 2.35. The van der Waals surface area contributed by atoms with Crippen molar-refractivity contribution in [2.24, 2.45) is 5.10 Å². The van der Waals surface area contributed by atoms with E-state index in [9.17, 15) is 19.3 Å². The summed E-state index contributed by atoms with van der Waals surface area (Å²) in [5.41, 5.74) is 0.990. The summed E-state index contributed by atoms with van der Waals surface area (Å²) in [5.74, 6) is -1.10. The molecule has 1 aliphatic heterocycles. The molecule has 1 atom stereocenters. The fourth-order valence-corrected chi connectivity index (χ4v) is 3.35. The maximum Gasteiger partial charge on any atom is 0.311 e. The molecular weight excluding hydrogens is 429 g/mol. The van der Waals surface area contributed by atoms with E-state index in [4.69, 9.17) is 20.8 Å². The van der Waals surface area contributed by atoms with Crippen LogP contribution >= 0.6 is 11.6 Å². The lowest BCUT2D eigenvalue weighted by Gasteiger charge is -2.19. The highest BCUT2D eigenvalue weighted by Crippen LogP contribution is 2.34. The summed E-state index contributed by atoms with van der Waals surface area (Å²) in [4.78, 5) is 23.3. The van der Waals surface area contributed by atoms with Gasteiger partial charge in [0, 0.05) is 23.6 Å². The van der Waals surface area contributed by atoms with Crippen molar-refractivity contribution in [3.05, 3.63) is 93.1 Å². The first-order valence-electron chi connectivity index (χ1n) is 9.18. The van der Waals surface area contributed by atoms with E-state index in [1.165, 1.54) is 11.3 Å². The molecule has 0 aliphatic carbocycles. The zero-order valence-electron chi connectivity index (χ0n) is 15.9. The average Bonchev–Trinajstić information content (AvgIpc) is 3.42. The van der Waals surface area contributed by atoms with Crippen molar-refractivity contribution in [1.29, 1.82) is 0 Å². The van der Waals surface area contributed by atoms with Gasteiger partial charge in [-0.05, 0) is 35.9 Å². The van der Waals surface area contributed by atoms with Crippen LogP contribution in [0.5, 0.6) is 5.75 Å². The van der Waals surface area contributed by atoms with Crippen molar-refractivity contribution in [2.75, 3.05) is 6.61 Å². The molecule has 2 heterocycles. The molecule has 0 radical (unpaired) electrons. The second-order valence-corrected chi connectivity index (χ2v) is 7.12. The molecule has 2 aromatic carbocycles. The predicted octanol–water partition coefficient (Wildman–Crippen LogP) is 4.74. The molecule has 158 valence electrons. The van der Waals surface area contributed by atoms with Crippen LogP contribution in [0.2, 0.25) is 5.02 Å². The van der Waals surface area contributed by atoms with Gasteiger partial charge in [0.2, 0.25) is 5.75 Å². The number of hydrazone groups is 1. The van der Waals surface area contributed by atoms with E-state index in [2.05, 4.69) is 5.10 Å². The second kappa shape index (κ2) is 8.57. The molecule has 4 rings (SSSR count). The third-order valence-electron chi connectivity index (χ3n) is 4.68. The molecule has 1 aliphatic rings. The highest BCUT2D eigenvalue weighted by atomic mass is 35.5. The Labute approximate surface area is 180 Å². The van der Waals surface area contributed by atoms with Gasteiger partial charge in [-0.2, -0.15) is 5.10 Å². The lowest BCUT2D eigenvalue weighted by Crippen LogP contribution is -2.31. The molecular formula is C21H15ClFN3O5. The van der Waals surface area contributed by atoms with Crippen LogP contribution in [0.1, 0.15) is 23.8 Å². The molecule has 0 N–H and O–H groups in total. The molecule has 31 heavy (non-hydrogen) atoms. The molecule has 1 unspecified atom stereocenters. The summed E-state index contributed by atoms with van der Waals surface area (Å²) >= 11 is 5.94. The van der Waals surface area contributed by atoms with E-state index < -0.39 is 35.0 Å². The Morgan fingerprint density at radius 1 is 1.29 bits per heavy atom. The van der Waals surface area contributed by atoms with Gasteiger partial charge in [0.15, 0.2) is 6.61 Å². The number of halogens is 2. The average molecular weight is 444 g/mol. The van der Waals surface area contributed by atoms with Crippen LogP contribution in [0, 0.1) is 15.9 Å². The molecule has 0 spiro atoms.